The third-order valence-corrected chi connectivity index (χ3v) is 4.19. The topological polar surface area (TPSA) is 105 Å². The zero-order valence-corrected chi connectivity index (χ0v) is 15.2. The zero-order chi connectivity index (χ0) is 22.2. The number of nitrogens with one attached hydrogen (secondary N) is 3. The fourth-order valence-corrected chi connectivity index (χ4v) is 2.77. The van der Waals surface area contributed by atoms with Crippen molar-refractivity contribution in [3.63, 3.8) is 0 Å². The summed E-state index contributed by atoms with van der Waals surface area (Å²) in [4.78, 5) is 22.8. The van der Waals surface area contributed by atoms with E-state index in [2.05, 4.69) is 25.6 Å². The van der Waals surface area contributed by atoms with Crippen LogP contribution in [-0.2, 0) is 0 Å². The van der Waals surface area contributed by atoms with Crippen LogP contribution in [0.2, 0.25) is 0 Å². The summed E-state index contributed by atoms with van der Waals surface area (Å²) in [6, 6.07) is 10.2. The molecule has 0 amide bonds. The maximum Gasteiger partial charge on any atom is 0.417 e. The highest BCUT2D eigenvalue weighted by molar-refractivity contribution is 5.78. The summed E-state index contributed by atoms with van der Waals surface area (Å²) >= 11 is 0. The van der Waals surface area contributed by atoms with Crippen LogP contribution >= 0.6 is 0 Å². The molecule has 8 nitrogen and oxygen atoms in total. The number of rotatable bonds is 5. The minimum atomic E-state index is -2.51. The third kappa shape index (κ3) is 3.52. The molecule has 0 saturated carbocycles. The van der Waals surface area contributed by atoms with Gasteiger partial charge < -0.3 is 19.8 Å². The van der Waals surface area contributed by atoms with Crippen LogP contribution in [0.15, 0.2) is 51.8 Å². The second kappa shape index (κ2) is 7.07. The average molecular weight is 380 g/mol. The molecule has 142 valence electrons. The minimum Gasteiger partial charge on any atom is -0.496 e. The van der Waals surface area contributed by atoms with E-state index in [1.165, 1.54) is 0 Å². The molecule has 0 spiro atoms. The van der Waals surface area contributed by atoms with E-state index < -0.39 is 12.8 Å². The van der Waals surface area contributed by atoms with Gasteiger partial charge in [0, 0.05) is 23.1 Å². The molecular weight excluding hydrogens is 358 g/mol. The fraction of sp³-hybridized carbons (Fsp3) is 0.150. The summed E-state index contributed by atoms with van der Waals surface area (Å²) in [6.07, 6.45) is 1.68. The number of hydrogen-bond donors (Lipinski definition) is 3. The highest BCUT2D eigenvalue weighted by atomic mass is 16.5. The number of hydrogen-bond acceptors (Lipinski definition) is 7. The van der Waals surface area contributed by atoms with Crippen molar-refractivity contribution in [1.82, 2.24) is 15.0 Å². The Balaban J connectivity index is 1.54. The lowest BCUT2D eigenvalue weighted by molar-refractivity contribution is 0.412. The van der Waals surface area contributed by atoms with Crippen LogP contribution in [0.4, 0.5) is 23.1 Å². The van der Waals surface area contributed by atoms with E-state index in [0.29, 0.717) is 34.1 Å². The van der Waals surface area contributed by atoms with Crippen molar-refractivity contribution in [2.75, 3.05) is 17.7 Å². The Bertz CT molecular complexity index is 1310. The molecular formula is C20H19N5O3. The summed E-state index contributed by atoms with van der Waals surface area (Å²) in [6.45, 7) is 3.63. The lowest BCUT2D eigenvalue weighted by atomic mass is 10.2. The second-order valence-corrected chi connectivity index (χ2v) is 6.28. The number of aromatic amines is 1. The normalized spacial score (nSPS) is 12.9. The number of methoxy groups -OCH3 is 1. The van der Waals surface area contributed by atoms with Crippen molar-refractivity contribution in [1.29, 1.82) is 0 Å². The van der Waals surface area contributed by atoms with Crippen LogP contribution in [0.1, 0.15) is 15.2 Å². The van der Waals surface area contributed by atoms with Crippen molar-refractivity contribution in [2.24, 2.45) is 0 Å². The predicted octanol–water partition coefficient (Wildman–Crippen LogP) is 4.02. The summed E-state index contributed by atoms with van der Waals surface area (Å²) in [5.74, 6) is 0.712. The molecule has 2 aromatic carbocycles. The van der Waals surface area contributed by atoms with Crippen molar-refractivity contribution < 1.29 is 13.3 Å². The number of H-pyrrole nitrogens is 1. The first-order valence-corrected chi connectivity index (χ1v) is 8.46. The van der Waals surface area contributed by atoms with Gasteiger partial charge in [-0.15, -0.1) is 0 Å². The molecule has 3 N–H and O–H groups in total. The van der Waals surface area contributed by atoms with Gasteiger partial charge in [0.15, 0.2) is 5.58 Å². The largest absolute Gasteiger partial charge is 0.496 e. The van der Waals surface area contributed by atoms with Gasteiger partial charge in [0.2, 0.25) is 5.95 Å². The van der Waals surface area contributed by atoms with Crippen molar-refractivity contribution >= 4 is 34.2 Å². The molecule has 2 aromatic heterocycles. The number of anilines is 4. The Hall–Kier alpha value is -3.81. The number of fused-ring (bicyclic) bond motifs is 1. The van der Waals surface area contributed by atoms with E-state index in [1.807, 2.05) is 6.92 Å². The Labute approximate surface area is 164 Å². The number of benzene rings is 2. The molecule has 0 atom stereocenters. The Morgan fingerprint density at radius 3 is 2.75 bits per heavy atom. The summed E-state index contributed by atoms with van der Waals surface area (Å²) in [5, 5.41) is 6.31. The highest BCUT2D eigenvalue weighted by Gasteiger charge is 2.08. The molecule has 4 rings (SSSR count). The van der Waals surface area contributed by atoms with Gasteiger partial charge in [-0.05, 0) is 55.8 Å². The van der Waals surface area contributed by atoms with Gasteiger partial charge in [-0.3, -0.25) is 4.98 Å². The summed E-state index contributed by atoms with van der Waals surface area (Å²) in [5.41, 5.74) is 3.94. The SMILES string of the molecule is [2H]C([2H])([2H])Oc1ccc(Nc2ncc(C)c(Nc3ccc4oc(=O)[nH]c4c3)n2)cc1C. The molecule has 0 fully saturated rings. The number of aryl methyl sites for hydroxylation is 2. The molecule has 0 aliphatic carbocycles. The zero-order valence-electron chi connectivity index (χ0n) is 18.2. The van der Waals surface area contributed by atoms with Gasteiger partial charge in [0.05, 0.1) is 16.7 Å². The Kier molecular flexibility index (Phi) is 3.60. The van der Waals surface area contributed by atoms with Gasteiger partial charge in [-0.2, -0.15) is 4.98 Å². The summed E-state index contributed by atoms with van der Waals surface area (Å²) < 4.78 is 31.7. The molecule has 4 aromatic rings. The molecule has 0 unspecified atom stereocenters. The van der Waals surface area contributed by atoms with Gasteiger partial charge in [0.25, 0.3) is 0 Å². The fourth-order valence-electron chi connectivity index (χ4n) is 2.77. The van der Waals surface area contributed by atoms with Crippen LogP contribution in [-0.4, -0.2) is 22.0 Å². The Morgan fingerprint density at radius 2 is 1.93 bits per heavy atom. The molecule has 0 aliphatic heterocycles. The first-order chi connectivity index (χ1) is 14.7. The van der Waals surface area contributed by atoms with Gasteiger partial charge in [0.1, 0.15) is 11.6 Å². The second-order valence-electron chi connectivity index (χ2n) is 6.28. The molecule has 0 aliphatic rings. The first kappa shape index (κ1) is 14.3. The van der Waals surface area contributed by atoms with Crippen LogP contribution in [0.25, 0.3) is 11.1 Å². The van der Waals surface area contributed by atoms with Gasteiger partial charge in [-0.1, -0.05) is 0 Å². The molecule has 2 heterocycles. The van der Waals surface area contributed by atoms with Crippen molar-refractivity contribution in [3.05, 3.63) is 64.3 Å². The minimum absolute atomic E-state index is 0.283. The van der Waals surface area contributed by atoms with Crippen LogP contribution in [0, 0.1) is 13.8 Å². The van der Waals surface area contributed by atoms with E-state index in [-0.39, 0.29) is 5.75 Å². The predicted molar refractivity (Wildman–Crippen MR) is 108 cm³/mol. The highest BCUT2D eigenvalue weighted by Crippen LogP contribution is 2.25. The number of ether oxygens (including phenoxy) is 1. The number of nitrogens with zero attached hydrogens (tertiary/aromatic N) is 2. The number of aromatic nitrogens is 3. The van der Waals surface area contributed by atoms with Gasteiger partial charge in [-0.25, -0.2) is 9.78 Å². The van der Waals surface area contributed by atoms with Crippen LogP contribution in [0.3, 0.4) is 0 Å². The summed E-state index contributed by atoms with van der Waals surface area (Å²) in [7, 11) is -2.51. The molecule has 0 bridgehead atoms. The van der Waals surface area contributed by atoms with Crippen molar-refractivity contribution in [2.45, 2.75) is 13.8 Å². The van der Waals surface area contributed by atoms with E-state index in [4.69, 9.17) is 13.3 Å². The smallest absolute Gasteiger partial charge is 0.417 e. The van der Waals surface area contributed by atoms with E-state index in [1.54, 1.807) is 49.5 Å². The maximum absolute atomic E-state index is 11.3. The standard InChI is InChI=1S/C20H19N5O3/c1-11-8-13(4-6-16(11)27-3)23-19-21-10-12(2)18(25-19)22-14-5-7-17-15(9-14)24-20(26)28-17/h4-10H,1-3H3,(H,24,26)(H2,21,22,23,25)/i3D3. The average Bonchev–Trinajstić information content (AvgIpc) is 3.05. The third-order valence-electron chi connectivity index (χ3n) is 4.19. The van der Waals surface area contributed by atoms with Crippen molar-refractivity contribution in [3.8, 4) is 5.75 Å². The molecule has 0 radical (unpaired) electrons. The Morgan fingerprint density at radius 1 is 1.11 bits per heavy atom. The maximum atomic E-state index is 11.3. The monoisotopic (exact) mass is 380 g/mol. The lowest BCUT2D eigenvalue weighted by Gasteiger charge is -2.12. The lowest BCUT2D eigenvalue weighted by Crippen LogP contribution is -2.03. The quantitative estimate of drug-likeness (QED) is 0.480. The van der Waals surface area contributed by atoms with Crippen LogP contribution < -0.4 is 21.1 Å². The van der Waals surface area contributed by atoms with Crippen LogP contribution in [0.5, 0.6) is 5.75 Å². The molecule has 0 saturated heterocycles. The van der Waals surface area contributed by atoms with E-state index >= 15 is 0 Å². The molecule has 28 heavy (non-hydrogen) atoms. The van der Waals surface area contributed by atoms with Gasteiger partial charge >= 0.3 is 5.76 Å². The molecule has 8 heteroatoms. The first-order valence-electron chi connectivity index (χ1n) is 9.96. The van der Waals surface area contributed by atoms with E-state index in [0.717, 1.165) is 11.3 Å². The van der Waals surface area contributed by atoms with E-state index in [9.17, 15) is 4.79 Å². The number of oxazole rings is 1.